The maximum absolute atomic E-state index is 12.2. The van der Waals surface area contributed by atoms with Crippen LogP contribution in [0.4, 0.5) is 5.69 Å². The molecule has 0 aromatic carbocycles. The molecule has 1 aromatic rings. The molecule has 1 aromatic heterocycles. The van der Waals surface area contributed by atoms with Crippen LogP contribution in [0.2, 0.25) is 0 Å². The van der Waals surface area contributed by atoms with E-state index in [-0.39, 0.29) is 12.0 Å². The van der Waals surface area contributed by atoms with Gasteiger partial charge in [0.25, 0.3) is 5.91 Å². The Bertz CT molecular complexity index is 454. The molecular weight excluding hydrogens is 254 g/mol. The van der Waals surface area contributed by atoms with Crippen LogP contribution >= 0.6 is 0 Å². The van der Waals surface area contributed by atoms with Gasteiger partial charge in [-0.25, -0.2) is 0 Å². The van der Waals surface area contributed by atoms with Gasteiger partial charge in [0.05, 0.1) is 6.10 Å². The normalized spacial score (nSPS) is 21.1. The second-order valence-electron chi connectivity index (χ2n) is 5.28. The number of anilines is 1. The molecule has 0 unspecified atom stereocenters. The summed E-state index contributed by atoms with van der Waals surface area (Å²) in [6.07, 6.45) is 3.26. The Balaban J connectivity index is 1.95. The molecule has 1 heterocycles. The molecule has 20 heavy (non-hydrogen) atoms. The van der Waals surface area contributed by atoms with Crippen molar-refractivity contribution in [3.05, 3.63) is 24.0 Å². The van der Waals surface area contributed by atoms with Crippen molar-refractivity contribution in [2.75, 3.05) is 25.0 Å². The van der Waals surface area contributed by atoms with E-state index in [0.29, 0.717) is 24.7 Å². The van der Waals surface area contributed by atoms with Gasteiger partial charge in [-0.1, -0.05) is 0 Å². The lowest BCUT2D eigenvalue weighted by Crippen LogP contribution is -2.33. The van der Waals surface area contributed by atoms with Crippen LogP contribution < -0.4 is 5.32 Å². The first-order valence-corrected chi connectivity index (χ1v) is 7.31. The van der Waals surface area contributed by atoms with E-state index in [1.165, 1.54) is 0 Å². The van der Waals surface area contributed by atoms with Crippen LogP contribution in [-0.2, 0) is 0 Å². The summed E-state index contributed by atoms with van der Waals surface area (Å²) in [5, 5.41) is 12.6. The maximum Gasteiger partial charge on any atom is 0.272 e. The van der Waals surface area contributed by atoms with Crippen LogP contribution in [-0.4, -0.2) is 46.6 Å². The summed E-state index contributed by atoms with van der Waals surface area (Å²) >= 11 is 0. The average Bonchev–Trinajstić information content (AvgIpc) is 2.44. The van der Waals surface area contributed by atoms with E-state index >= 15 is 0 Å². The number of carbonyl (C=O) groups is 1. The summed E-state index contributed by atoms with van der Waals surface area (Å²) in [6.45, 7) is 6.14. The molecule has 1 fully saturated rings. The largest absolute Gasteiger partial charge is 0.393 e. The van der Waals surface area contributed by atoms with Crippen molar-refractivity contribution in [3.8, 4) is 0 Å². The molecule has 0 bridgehead atoms. The molecule has 1 saturated carbocycles. The molecule has 1 amide bonds. The summed E-state index contributed by atoms with van der Waals surface area (Å²) < 4.78 is 0. The number of amides is 1. The maximum atomic E-state index is 12.2. The lowest BCUT2D eigenvalue weighted by molar-refractivity contribution is 0.0487. The van der Waals surface area contributed by atoms with Crippen molar-refractivity contribution in [2.45, 2.75) is 32.8 Å². The van der Waals surface area contributed by atoms with E-state index in [1.54, 1.807) is 17.2 Å². The highest BCUT2D eigenvalue weighted by Crippen LogP contribution is 2.27. The molecule has 110 valence electrons. The molecule has 2 N–H and O–H groups in total. The van der Waals surface area contributed by atoms with Gasteiger partial charge in [0.15, 0.2) is 0 Å². The van der Waals surface area contributed by atoms with E-state index in [9.17, 15) is 9.90 Å². The number of aliphatic hydroxyl groups is 1. The smallest absolute Gasteiger partial charge is 0.272 e. The molecule has 5 heteroatoms. The Hall–Kier alpha value is -1.62. The van der Waals surface area contributed by atoms with Gasteiger partial charge in [-0.15, -0.1) is 0 Å². The third-order valence-electron chi connectivity index (χ3n) is 3.84. The molecule has 1 aliphatic rings. The van der Waals surface area contributed by atoms with Gasteiger partial charge in [-0.3, -0.25) is 9.78 Å². The van der Waals surface area contributed by atoms with Gasteiger partial charge in [0.1, 0.15) is 5.69 Å². The predicted molar refractivity (Wildman–Crippen MR) is 78.7 cm³/mol. The van der Waals surface area contributed by atoms with Crippen LogP contribution in [0.1, 0.15) is 37.2 Å². The van der Waals surface area contributed by atoms with E-state index < -0.39 is 0 Å². The topological polar surface area (TPSA) is 65.5 Å². The van der Waals surface area contributed by atoms with Gasteiger partial charge in [0.2, 0.25) is 0 Å². The highest BCUT2D eigenvalue weighted by atomic mass is 16.3. The number of pyridine rings is 1. The first-order valence-electron chi connectivity index (χ1n) is 7.31. The summed E-state index contributed by atoms with van der Waals surface area (Å²) in [6, 6.07) is 3.67. The van der Waals surface area contributed by atoms with Crippen molar-refractivity contribution < 1.29 is 9.90 Å². The number of hydrogen-bond donors (Lipinski definition) is 2. The van der Waals surface area contributed by atoms with Crippen molar-refractivity contribution in [2.24, 2.45) is 5.92 Å². The molecule has 1 aliphatic carbocycles. The second-order valence-corrected chi connectivity index (χ2v) is 5.28. The molecule has 0 aliphatic heterocycles. The molecule has 0 radical (unpaired) electrons. The van der Waals surface area contributed by atoms with Crippen molar-refractivity contribution in [3.63, 3.8) is 0 Å². The minimum Gasteiger partial charge on any atom is -0.393 e. The van der Waals surface area contributed by atoms with E-state index in [0.717, 1.165) is 25.1 Å². The zero-order valence-electron chi connectivity index (χ0n) is 12.2. The second kappa shape index (κ2) is 6.70. The lowest BCUT2D eigenvalue weighted by Gasteiger charge is -2.31. The van der Waals surface area contributed by atoms with E-state index in [4.69, 9.17) is 0 Å². The number of rotatable bonds is 6. The quantitative estimate of drug-likeness (QED) is 0.831. The van der Waals surface area contributed by atoms with Crippen molar-refractivity contribution in [1.29, 1.82) is 0 Å². The summed E-state index contributed by atoms with van der Waals surface area (Å²) in [5.41, 5.74) is 1.39. The molecule has 5 nitrogen and oxygen atoms in total. The summed E-state index contributed by atoms with van der Waals surface area (Å²) in [7, 11) is 0. The fourth-order valence-electron chi connectivity index (χ4n) is 2.46. The Kier molecular flexibility index (Phi) is 4.95. The minimum atomic E-state index is -0.126. The fraction of sp³-hybridized carbons (Fsp3) is 0.600. The van der Waals surface area contributed by atoms with Gasteiger partial charge in [0, 0.05) is 31.5 Å². The lowest BCUT2D eigenvalue weighted by atomic mass is 9.82. The predicted octanol–water partition coefficient (Wildman–Crippen LogP) is 1.75. The average molecular weight is 277 g/mol. The van der Waals surface area contributed by atoms with Crippen LogP contribution in [0.25, 0.3) is 0 Å². The number of hydrogen-bond acceptors (Lipinski definition) is 4. The third-order valence-corrected chi connectivity index (χ3v) is 3.84. The van der Waals surface area contributed by atoms with Crippen LogP contribution in [0.15, 0.2) is 18.3 Å². The molecule has 2 rings (SSSR count). The van der Waals surface area contributed by atoms with Gasteiger partial charge < -0.3 is 15.3 Å². The van der Waals surface area contributed by atoms with E-state index in [1.807, 2.05) is 19.9 Å². The van der Waals surface area contributed by atoms with Crippen LogP contribution in [0.5, 0.6) is 0 Å². The number of aliphatic hydroxyl groups excluding tert-OH is 1. The van der Waals surface area contributed by atoms with Gasteiger partial charge >= 0.3 is 0 Å². The monoisotopic (exact) mass is 277 g/mol. The third kappa shape index (κ3) is 3.48. The first kappa shape index (κ1) is 14.8. The standard InChI is InChI=1S/C15H23N3O2/c1-3-18(4-2)15(20)14-9-12(5-6-16-14)17-10-11-7-13(19)8-11/h5-6,9,11,13,19H,3-4,7-8,10H2,1-2H3,(H,16,17). The Morgan fingerprint density at radius 3 is 2.75 bits per heavy atom. The molecule has 0 atom stereocenters. The van der Waals surface area contributed by atoms with Gasteiger partial charge in [-0.2, -0.15) is 0 Å². The number of nitrogens with zero attached hydrogens (tertiary/aromatic N) is 2. The summed E-state index contributed by atoms with van der Waals surface area (Å²) in [5.74, 6) is 0.498. The highest BCUT2D eigenvalue weighted by molar-refractivity contribution is 5.93. The summed E-state index contributed by atoms with van der Waals surface area (Å²) in [4.78, 5) is 18.1. The highest BCUT2D eigenvalue weighted by Gasteiger charge is 2.26. The van der Waals surface area contributed by atoms with Crippen molar-refractivity contribution in [1.82, 2.24) is 9.88 Å². The zero-order valence-corrected chi connectivity index (χ0v) is 12.2. The van der Waals surface area contributed by atoms with Gasteiger partial charge in [-0.05, 0) is 44.7 Å². The SMILES string of the molecule is CCN(CC)C(=O)c1cc(NCC2CC(O)C2)ccn1. The molecule has 0 saturated heterocycles. The van der Waals surface area contributed by atoms with Crippen LogP contribution in [0.3, 0.4) is 0 Å². The number of nitrogens with one attached hydrogen (secondary N) is 1. The molecule has 0 spiro atoms. The van der Waals surface area contributed by atoms with Crippen LogP contribution in [0, 0.1) is 5.92 Å². The van der Waals surface area contributed by atoms with E-state index in [2.05, 4.69) is 10.3 Å². The Morgan fingerprint density at radius 1 is 1.45 bits per heavy atom. The molecular formula is C15H23N3O2. The Labute approximate surface area is 120 Å². The number of aromatic nitrogens is 1. The first-order chi connectivity index (χ1) is 9.63. The minimum absolute atomic E-state index is 0.0299. The fourth-order valence-corrected chi connectivity index (χ4v) is 2.46. The van der Waals surface area contributed by atoms with Crippen molar-refractivity contribution >= 4 is 11.6 Å². The zero-order chi connectivity index (χ0) is 14.5. The Morgan fingerprint density at radius 2 is 2.15 bits per heavy atom. The number of carbonyl (C=O) groups excluding carboxylic acids is 1.